The molecule has 22 heavy (non-hydrogen) atoms. The van der Waals surface area contributed by atoms with E-state index in [9.17, 15) is 4.79 Å². The summed E-state index contributed by atoms with van der Waals surface area (Å²) < 4.78 is 5.15. The Morgan fingerprint density at radius 1 is 1.00 bits per heavy atom. The molecule has 0 spiro atoms. The van der Waals surface area contributed by atoms with Crippen LogP contribution in [0.3, 0.4) is 0 Å². The summed E-state index contributed by atoms with van der Waals surface area (Å²) in [5.74, 6) is 0.874. The fourth-order valence-electron chi connectivity index (χ4n) is 2.47. The molecule has 2 aromatic rings. The molecule has 0 atom stereocenters. The van der Waals surface area contributed by atoms with E-state index in [4.69, 9.17) is 4.74 Å². The van der Waals surface area contributed by atoms with Crippen molar-refractivity contribution in [2.45, 2.75) is 27.3 Å². The van der Waals surface area contributed by atoms with Gasteiger partial charge in [-0.05, 0) is 61.2 Å². The second-order valence-electron chi connectivity index (χ2n) is 5.76. The van der Waals surface area contributed by atoms with Gasteiger partial charge >= 0.3 is 0 Å². The van der Waals surface area contributed by atoms with Crippen LogP contribution in [0.15, 0.2) is 36.4 Å². The highest BCUT2D eigenvalue weighted by atomic mass is 16.5. The summed E-state index contributed by atoms with van der Waals surface area (Å²) >= 11 is 0. The summed E-state index contributed by atoms with van der Waals surface area (Å²) in [7, 11) is 3.48. The number of carbonyl (C=O) groups excluding carboxylic acids is 1. The standard InChI is InChI=1S/C19H23NO2/c1-13-10-15(3)18(11-14(13)2)19(21)20(4)12-16-6-8-17(22-5)9-7-16/h6-11H,12H2,1-5H3. The summed E-state index contributed by atoms with van der Waals surface area (Å²) in [4.78, 5) is 14.4. The lowest BCUT2D eigenvalue weighted by Crippen LogP contribution is -2.27. The average Bonchev–Trinajstić information content (AvgIpc) is 2.51. The van der Waals surface area contributed by atoms with Crippen LogP contribution in [-0.4, -0.2) is 25.0 Å². The van der Waals surface area contributed by atoms with Gasteiger partial charge in [0.25, 0.3) is 5.91 Å². The Bertz CT molecular complexity index is 675. The summed E-state index contributed by atoms with van der Waals surface area (Å²) in [6.07, 6.45) is 0. The molecular formula is C19H23NO2. The molecule has 116 valence electrons. The van der Waals surface area contributed by atoms with Gasteiger partial charge in [-0.2, -0.15) is 0 Å². The van der Waals surface area contributed by atoms with Crippen LogP contribution < -0.4 is 4.74 Å². The number of hydrogen-bond donors (Lipinski definition) is 0. The predicted molar refractivity (Wildman–Crippen MR) is 89.4 cm³/mol. The maximum Gasteiger partial charge on any atom is 0.254 e. The number of nitrogens with zero attached hydrogens (tertiary/aromatic N) is 1. The van der Waals surface area contributed by atoms with Gasteiger partial charge in [-0.1, -0.05) is 18.2 Å². The Hall–Kier alpha value is -2.29. The minimum atomic E-state index is 0.0522. The number of amides is 1. The minimum absolute atomic E-state index is 0.0522. The minimum Gasteiger partial charge on any atom is -0.497 e. The molecule has 0 fully saturated rings. The van der Waals surface area contributed by atoms with E-state index >= 15 is 0 Å². The van der Waals surface area contributed by atoms with Crippen molar-refractivity contribution in [1.29, 1.82) is 0 Å². The zero-order chi connectivity index (χ0) is 16.3. The van der Waals surface area contributed by atoms with Crippen LogP contribution in [0.5, 0.6) is 5.75 Å². The Kier molecular flexibility index (Phi) is 4.86. The van der Waals surface area contributed by atoms with Crippen LogP contribution in [0, 0.1) is 20.8 Å². The molecule has 2 rings (SSSR count). The van der Waals surface area contributed by atoms with Crippen LogP contribution in [0.1, 0.15) is 32.6 Å². The summed E-state index contributed by atoms with van der Waals surface area (Å²) in [5.41, 5.74) is 5.24. The predicted octanol–water partition coefficient (Wildman–Crippen LogP) is 3.89. The van der Waals surface area contributed by atoms with Gasteiger partial charge in [-0.25, -0.2) is 0 Å². The highest BCUT2D eigenvalue weighted by molar-refractivity contribution is 5.95. The Labute approximate surface area is 132 Å². The van der Waals surface area contributed by atoms with Gasteiger partial charge in [0.15, 0.2) is 0 Å². The number of aryl methyl sites for hydroxylation is 3. The van der Waals surface area contributed by atoms with E-state index in [1.807, 2.05) is 51.2 Å². The maximum atomic E-state index is 12.7. The summed E-state index contributed by atoms with van der Waals surface area (Å²) in [6.45, 7) is 6.67. The lowest BCUT2D eigenvalue weighted by molar-refractivity contribution is 0.0784. The van der Waals surface area contributed by atoms with Crippen molar-refractivity contribution in [3.63, 3.8) is 0 Å². The van der Waals surface area contributed by atoms with Crippen molar-refractivity contribution in [2.24, 2.45) is 0 Å². The molecular weight excluding hydrogens is 274 g/mol. The SMILES string of the molecule is COc1ccc(CN(C)C(=O)c2cc(C)c(C)cc2C)cc1. The molecule has 0 N–H and O–H groups in total. The average molecular weight is 297 g/mol. The van der Waals surface area contributed by atoms with Crippen LogP contribution in [0.4, 0.5) is 0 Å². The second-order valence-corrected chi connectivity index (χ2v) is 5.76. The van der Waals surface area contributed by atoms with Crippen LogP contribution in [0.2, 0.25) is 0 Å². The molecule has 1 amide bonds. The Morgan fingerprint density at radius 3 is 2.18 bits per heavy atom. The fraction of sp³-hybridized carbons (Fsp3) is 0.316. The first-order chi connectivity index (χ1) is 10.4. The van der Waals surface area contributed by atoms with E-state index in [2.05, 4.69) is 13.0 Å². The third kappa shape index (κ3) is 3.48. The molecule has 3 nitrogen and oxygen atoms in total. The number of benzene rings is 2. The highest BCUT2D eigenvalue weighted by Crippen LogP contribution is 2.18. The summed E-state index contributed by atoms with van der Waals surface area (Å²) in [5, 5.41) is 0. The molecule has 0 bridgehead atoms. The lowest BCUT2D eigenvalue weighted by Gasteiger charge is -2.19. The van der Waals surface area contributed by atoms with Crippen molar-refractivity contribution >= 4 is 5.91 Å². The number of rotatable bonds is 4. The topological polar surface area (TPSA) is 29.5 Å². The number of methoxy groups -OCH3 is 1. The summed E-state index contributed by atoms with van der Waals surface area (Å²) in [6, 6.07) is 11.8. The maximum absolute atomic E-state index is 12.7. The van der Waals surface area contributed by atoms with Gasteiger partial charge < -0.3 is 9.64 Å². The van der Waals surface area contributed by atoms with E-state index < -0.39 is 0 Å². The van der Waals surface area contributed by atoms with Gasteiger partial charge in [0, 0.05) is 19.2 Å². The van der Waals surface area contributed by atoms with Crippen molar-refractivity contribution in [3.05, 3.63) is 64.2 Å². The van der Waals surface area contributed by atoms with Gasteiger partial charge in [0.2, 0.25) is 0 Å². The van der Waals surface area contributed by atoms with Gasteiger partial charge in [-0.3, -0.25) is 4.79 Å². The molecule has 0 aliphatic heterocycles. The molecule has 0 unspecified atom stereocenters. The molecule has 0 heterocycles. The van der Waals surface area contributed by atoms with Crippen molar-refractivity contribution in [3.8, 4) is 5.75 Å². The van der Waals surface area contributed by atoms with Crippen LogP contribution in [0.25, 0.3) is 0 Å². The molecule has 3 heteroatoms. The molecule has 0 aromatic heterocycles. The van der Waals surface area contributed by atoms with Crippen molar-refractivity contribution < 1.29 is 9.53 Å². The van der Waals surface area contributed by atoms with E-state index in [1.165, 1.54) is 5.56 Å². The van der Waals surface area contributed by atoms with Crippen molar-refractivity contribution in [1.82, 2.24) is 4.90 Å². The van der Waals surface area contributed by atoms with Gasteiger partial charge in [0.05, 0.1) is 7.11 Å². The molecule has 2 aromatic carbocycles. The van der Waals surface area contributed by atoms with E-state index in [0.29, 0.717) is 6.54 Å². The first-order valence-corrected chi connectivity index (χ1v) is 7.38. The molecule has 0 aliphatic rings. The molecule has 0 saturated heterocycles. The zero-order valence-electron chi connectivity index (χ0n) is 13.9. The lowest BCUT2D eigenvalue weighted by atomic mass is 10.00. The molecule has 0 aliphatic carbocycles. The van der Waals surface area contributed by atoms with Gasteiger partial charge in [-0.15, -0.1) is 0 Å². The van der Waals surface area contributed by atoms with Crippen LogP contribution in [-0.2, 0) is 6.54 Å². The zero-order valence-corrected chi connectivity index (χ0v) is 13.9. The largest absolute Gasteiger partial charge is 0.497 e. The third-order valence-corrected chi connectivity index (χ3v) is 4.00. The van der Waals surface area contributed by atoms with E-state index in [-0.39, 0.29) is 5.91 Å². The number of hydrogen-bond acceptors (Lipinski definition) is 2. The smallest absolute Gasteiger partial charge is 0.254 e. The third-order valence-electron chi connectivity index (χ3n) is 4.00. The second kappa shape index (κ2) is 6.65. The monoisotopic (exact) mass is 297 g/mol. The first kappa shape index (κ1) is 16.1. The number of ether oxygens (including phenoxy) is 1. The Morgan fingerprint density at radius 2 is 1.59 bits per heavy atom. The molecule has 0 saturated carbocycles. The number of carbonyl (C=O) groups is 1. The van der Waals surface area contributed by atoms with Crippen molar-refractivity contribution in [2.75, 3.05) is 14.2 Å². The van der Waals surface area contributed by atoms with Gasteiger partial charge in [0.1, 0.15) is 5.75 Å². The van der Waals surface area contributed by atoms with E-state index in [0.717, 1.165) is 28.0 Å². The quantitative estimate of drug-likeness (QED) is 0.856. The Balaban J connectivity index is 2.16. The molecule has 0 radical (unpaired) electrons. The fourth-order valence-corrected chi connectivity index (χ4v) is 2.47. The van der Waals surface area contributed by atoms with E-state index in [1.54, 1.807) is 12.0 Å². The van der Waals surface area contributed by atoms with Crippen LogP contribution >= 0.6 is 0 Å². The normalized spacial score (nSPS) is 10.4. The first-order valence-electron chi connectivity index (χ1n) is 7.38. The highest BCUT2D eigenvalue weighted by Gasteiger charge is 2.15.